The molecule has 1 unspecified atom stereocenters. The minimum Gasteiger partial charge on any atom is -0.383 e. The molecule has 3 aromatic rings. The Bertz CT molecular complexity index is 2060. The number of amidine groups is 1. The number of alkyl halides is 2. The monoisotopic (exact) mass is 811 g/mol. The highest BCUT2D eigenvalue weighted by Gasteiger charge is 2.45. The summed E-state index contributed by atoms with van der Waals surface area (Å²) in [5, 5.41) is 5.71. The second-order valence-corrected chi connectivity index (χ2v) is 13.9. The van der Waals surface area contributed by atoms with E-state index < -0.39 is 48.5 Å². The number of nitrogens with zero attached hydrogens (tertiary/aromatic N) is 4. The molecule has 4 N–H and O–H groups in total. The van der Waals surface area contributed by atoms with Crippen molar-refractivity contribution in [3.63, 3.8) is 0 Å². The molecule has 57 heavy (non-hydrogen) atoms. The first-order valence-corrected chi connectivity index (χ1v) is 18.8. The van der Waals surface area contributed by atoms with Crippen LogP contribution in [0, 0.1) is 5.82 Å². The largest absolute Gasteiger partial charge is 0.383 e. The number of benzene rings is 3. The maximum Gasteiger partial charge on any atom is 0.264 e. The molecule has 0 spiro atoms. The number of hydrogen-bond donors (Lipinski definition) is 3. The Morgan fingerprint density at radius 2 is 1.68 bits per heavy atom. The fourth-order valence-corrected chi connectivity index (χ4v) is 7.12. The average Bonchev–Trinajstić information content (AvgIpc) is 3.78. The topological polar surface area (TPSA) is 176 Å². The normalized spacial score (nSPS) is 17.4. The highest BCUT2D eigenvalue weighted by Crippen LogP contribution is 2.40. The number of aliphatic imine (C=N–C) groups is 1. The molecule has 4 aliphatic rings. The number of nitrogens with two attached hydrogens (primary N) is 1. The Hall–Kier alpha value is -5.52. The highest BCUT2D eigenvalue weighted by molar-refractivity contribution is 6.31. The molecule has 4 heterocycles. The van der Waals surface area contributed by atoms with Crippen LogP contribution in [0.4, 0.5) is 35.9 Å². The highest BCUT2D eigenvalue weighted by atomic mass is 35.5. The molecule has 0 bridgehead atoms. The van der Waals surface area contributed by atoms with Crippen molar-refractivity contribution in [1.29, 1.82) is 0 Å². The zero-order valence-electron chi connectivity index (χ0n) is 30.8. The van der Waals surface area contributed by atoms with E-state index in [0.717, 1.165) is 36.9 Å². The molecule has 18 heteroatoms. The van der Waals surface area contributed by atoms with Gasteiger partial charge in [-0.3, -0.25) is 34.2 Å². The summed E-state index contributed by atoms with van der Waals surface area (Å²) in [5.41, 5.74) is 8.31. The SMILES string of the molecule is NC1=Nc2cc(F)ccc2N(CC(F)F)c2ccc(Cl)cc21.O=C1CCC(N2C(=O)c3cccc(NCCOCCOCCC(=O)N4CCCC4)c3C2=O)C(=O)N1. The predicted octanol–water partition coefficient (Wildman–Crippen LogP) is 4.78. The minimum atomic E-state index is -2.58. The summed E-state index contributed by atoms with van der Waals surface area (Å²) < 4.78 is 50.4. The third-order valence-corrected chi connectivity index (χ3v) is 9.87. The number of carbonyl (C=O) groups is 5. The second-order valence-electron chi connectivity index (χ2n) is 13.5. The molecule has 302 valence electrons. The van der Waals surface area contributed by atoms with Crippen molar-refractivity contribution in [3.8, 4) is 0 Å². The standard InChI is InChI=1S/C24H30N4O7.C15H11ClF3N3/c29-19-7-6-18(22(31)26-19)28-23(32)16-4-3-5-17(21(16)24(28)33)25-9-13-35-15-14-34-12-8-20(30)27-10-1-2-11-27;16-8-1-3-12-10(5-8)15(20)21-11-6-9(17)2-4-13(11)22(12)7-14(18)19/h3-5,18,25H,1-2,6-15H2,(H,26,29,31);1-6,14H,7H2,(H2,20,21). The average molecular weight is 812 g/mol. The van der Waals surface area contributed by atoms with Crippen LogP contribution in [-0.2, 0) is 23.9 Å². The van der Waals surface area contributed by atoms with Crippen LogP contribution in [0.1, 0.15) is 58.4 Å². The van der Waals surface area contributed by atoms with Crippen LogP contribution in [0.5, 0.6) is 0 Å². The van der Waals surface area contributed by atoms with Gasteiger partial charge in [-0.05, 0) is 61.7 Å². The quantitative estimate of drug-likeness (QED) is 0.161. The maximum atomic E-state index is 13.4. The number of fused-ring (bicyclic) bond motifs is 3. The summed E-state index contributed by atoms with van der Waals surface area (Å²) in [4.78, 5) is 69.8. The van der Waals surface area contributed by atoms with Gasteiger partial charge in [0.1, 0.15) is 17.7 Å². The fourth-order valence-electron chi connectivity index (χ4n) is 6.94. The molecule has 14 nitrogen and oxygen atoms in total. The first-order valence-electron chi connectivity index (χ1n) is 18.4. The van der Waals surface area contributed by atoms with Crippen molar-refractivity contribution in [2.24, 2.45) is 10.7 Å². The number of ether oxygens (including phenoxy) is 2. The molecule has 7 rings (SSSR count). The molecule has 0 saturated carbocycles. The van der Waals surface area contributed by atoms with E-state index in [1.807, 2.05) is 4.90 Å². The number of imide groups is 2. The lowest BCUT2D eigenvalue weighted by Gasteiger charge is -2.27. The Morgan fingerprint density at radius 1 is 0.947 bits per heavy atom. The van der Waals surface area contributed by atoms with Crippen LogP contribution in [0.15, 0.2) is 59.6 Å². The van der Waals surface area contributed by atoms with E-state index in [4.69, 9.17) is 26.8 Å². The smallest absolute Gasteiger partial charge is 0.264 e. The summed E-state index contributed by atoms with van der Waals surface area (Å²) in [6, 6.07) is 12.4. The number of rotatable bonds is 13. The molecule has 0 radical (unpaired) electrons. The van der Waals surface area contributed by atoms with Gasteiger partial charge in [-0.15, -0.1) is 0 Å². The Kier molecular flexibility index (Phi) is 13.4. The summed E-state index contributed by atoms with van der Waals surface area (Å²) in [6.07, 6.45) is 0.127. The fraction of sp³-hybridized carbons (Fsp3) is 0.385. The number of nitrogens with one attached hydrogen (secondary N) is 2. The summed E-state index contributed by atoms with van der Waals surface area (Å²) in [5.74, 6) is -2.43. The van der Waals surface area contributed by atoms with Crippen molar-refractivity contribution in [2.45, 2.75) is 44.6 Å². The number of likely N-dealkylation sites (tertiary alicyclic amines) is 1. The molecular weight excluding hydrogens is 771 g/mol. The van der Waals surface area contributed by atoms with Crippen LogP contribution in [0.25, 0.3) is 0 Å². The van der Waals surface area contributed by atoms with Crippen LogP contribution >= 0.6 is 11.6 Å². The van der Waals surface area contributed by atoms with E-state index >= 15 is 0 Å². The van der Waals surface area contributed by atoms with Crippen molar-refractivity contribution >= 4 is 69.7 Å². The Labute approximate surface area is 331 Å². The summed E-state index contributed by atoms with van der Waals surface area (Å²) in [7, 11) is 0. The van der Waals surface area contributed by atoms with E-state index in [0.29, 0.717) is 67.0 Å². The number of hydrogen-bond acceptors (Lipinski definition) is 11. The van der Waals surface area contributed by atoms with Crippen LogP contribution < -0.4 is 21.3 Å². The van der Waals surface area contributed by atoms with E-state index in [1.165, 1.54) is 17.0 Å². The molecule has 2 saturated heterocycles. The van der Waals surface area contributed by atoms with E-state index in [-0.39, 0.29) is 41.4 Å². The number of carbonyl (C=O) groups excluding carboxylic acids is 5. The van der Waals surface area contributed by atoms with Gasteiger partial charge in [0.05, 0.1) is 67.6 Å². The first-order chi connectivity index (χ1) is 27.4. The zero-order chi connectivity index (χ0) is 40.6. The van der Waals surface area contributed by atoms with E-state index in [9.17, 15) is 37.1 Å². The third-order valence-electron chi connectivity index (χ3n) is 9.64. The predicted molar refractivity (Wildman–Crippen MR) is 205 cm³/mol. The van der Waals surface area contributed by atoms with Gasteiger partial charge in [-0.2, -0.15) is 0 Å². The van der Waals surface area contributed by atoms with E-state index in [1.54, 1.807) is 36.4 Å². The number of anilines is 3. The van der Waals surface area contributed by atoms with Gasteiger partial charge in [-0.1, -0.05) is 17.7 Å². The summed E-state index contributed by atoms with van der Waals surface area (Å²) >= 11 is 5.95. The van der Waals surface area contributed by atoms with Crippen molar-refractivity contribution < 1.29 is 46.6 Å². The number of halogens is 4. The van der Waals surface area contributed by atoms with Gasteiger partial charge in [-0.25, -0.2) is 18.2 Å². The zero-order valence-corrected chi connectivity index (χ0v) is 31.5. The van der Waals surface area contributed by atoms with Crippen molar-refractivity contribution in [2.75, 3.05) is 62.8 Å². The van der Waals surface area contributed by atoms with Gasteiger partial charge in [0.25, 0.3) is 18.2 Å². The van der Waals surface area contributed by atoms with Gasteiger partial charge >= 0.3 is 0 Å². The second kappa shape index (κ2) is 18.6. The summed E-state index contributed by atoms with van der Waals surface area (Å²) in [6.45, 7) is 2.98. The lowest BCUT2D eigenvalue weighted by Crippen LogP contribution is -2.54. The lowest BCUT2D eigenvalue weighted by atomic mass is 10.0. The molecule has 1 atom stereocenters. The third kappa shape index (κ3) is 9.72. The van der Waals surface area contributed by atoms with Gasteiger partial charge in [0.15, 0.2) is 0 Å². The van der Waals surface area contributed by atoms with Crippen LogP contribution in [-0.4, -0.2) is 110 Å². The molecule has 3 aromatic carbocycles. The molecular formula is C39H41ClF3N7O7. The van der Waals surface area contributed by atoms with Gasteiger partial charge in [0, 0.05) is 48.4 Å². The lowest BCUT2D eigenvalue weighted by molar-refractivity contribution is -0.136. The minimum absolute atomic E-state index is 0.0741. The maximum absolute atomic E-state index is 13.4. The Balaban J connectivity index is 0.000000214. The van der Waals surface area contributed by atoms with Crippen LogP contribution in [0.3, 0.4) is 0 Å². The van der Waals surface area contributed by atoms with Gasteiger partial charge in [0.2, 0.25) is 17.7 Å². The Morgan fingerprint density at radius 3 is 2.42 bits per heavy atom. The molecule has 0 aromatic heterocycles. The van der Waals surface area contributed by atoms with Crippen molar-refractivity contribution in [3.05, 3.63) is 82.1 Å². The van der Waals surface area contributed by atoms with E-state index in [2.05, 4.69) is 15.6 Å². The molecule has 4 aliphatic heterocycles. The molecule has 0 aliphatic carbocycles. The van der Waals surface area contributed by atoms with Crippen molar-refractivity contribution in [1.82, 2.24) is 15.1 Å². The van der Waals surface area contributed by atoms with Gasteiger partial charge < -0.3 is 30.3 Å². The first kappa shape index (κ1) is 41.1. The van der Waals surface area contributed by atoms with Crippen LogP contribution in [0.2, 0.25) is 5.02 Å². The number of amides is 5. The molecule has 2 fully saturated rings. The number of piperidine rings is 1. The molecule has 5 amide bonds.